The molecule has 0 saturated carbocycles. The Kier molecular flexibility index (Phi) is 6.60. The zero-order chi connectivity index (χ0) is 19.2. The van der Waals surface area contributed by atoms with Crippen molar-refractivity contribution < 1.29 is 18.8 Å². The first-order valence-corrected chi connectivity index (χ1v) is 8.85. The highest BCUT2D eigenvalue weighted by atomic mass is 16.3. The molecule has 0 spiro atoms. The summed E-state index contributed by atoms with van der Waals surface area (Å²) in [5, 5.41) is 5.32. The van der Waals surface area contributed by atoms with Crippen molar-refractivity contribution in [1.29, 1.82) is 0 Å². The fourth-order valence-electron chi connectivity index (χ4n) is 2.72. The highest BCUT2D eigenvalue weighted by molar-refractivity contribution is 6.35. The molecule has 26 heavy (non-hydrogen) atoms. The van der Waals surface area contributed by atoms with Gasteiger partial charge in [-0.15, -0.1) is 0 Å². The molecule has 7 heteroatoms. The molecule has 0 atom stereocenters. The number of piperidine rings is 1. The lowest BCUT2D eigenvalue weighted by atomic mass is 9.96. The van der Waals surface area contributed by atoms with Gasteiger partial charge in [0.05, 0.1) is 6.26 Å². The second-order valence-corrected chi connectivity index (χ2v) is 7.53. The summed E-state index contributed by atoms with van der Waals surface area (Å²) in [5.41, 5.74) is -0.441. The maximum absolute atomic E-state index is 12.2. The van der Waals surface area contributed by atoms with Crippen LogP contribution < -0.4 is 10.6 Å². The average molecular weight is 361 g/mol. The third-order valence-electron chi connectivity index (χ3n) is 4.11. The van der Waals surface area contributed by atoms with Crippen LogP contribution in [0.4, 0.5) is 0 Å². The molecule has 2 heterocycles. The number of rotatable bonds is 4. The number of furan rings is 1. The van der Waals surface area contributed by atoms with Gasteiger partial charge in [0.1, 0.15) is 5.76 Å². The van der Waals surface area contributed by atoms with Crippen LogP contribution in [-0.2, 0) is 14.4 Å². The van der Waals surface area contributed by atoms with E-state index in [0.29, 0.717) is 25.4 Å². The number of carbonyl (C=O) groups is 3. The Bertz CT molecular complexity index is 651. The summed E-state index contributed by atoms with van der Waals surface area (Å²) in [4.78, 5) is 37.5. The third kappa shape index (κ3) is 6.38. The van der Waals surface area contributed by atoms with Crippen LogP contribution in [0, 0.1) is 5.92 Å². The van der Waals surface area contributed by atoms with Crippen molar-refractivity contribution in [1.82, 2.24) is 15.5 Å². The average Bonchev–Trinajstić information content (AvgIpc) is 3.10. The maximum Gasteiger partial charge on any atom is 0.309 e. The number of nitrogens with one attached hydrogen (secondary N) is 2. The van der Waals surface area contributed by atoms with Crippen molar-refractivity contribution in [2.24, 2.45) is 5.92 Å². The van der Waals surface area contributed by atoms with Crippen molar-refractivity contribution >= 4 is 23.8 Å². The van der Waals surface area contributed by atoms with Gasteiger partial charge in [-0.25, -0.2) is 0 Å². The van der Waals surface area contributed by atoms with Gasteiger partial charge in [-0.2, -0.15) is 0 Å². The zero-order valence-electron chi connectivity index (χ0n) is 15.6. The lowest BCUT2D eigenvalue weighted by molar-refractivity contribution is -0.140. The molecule has 7 nitrogen and oxygen atoms in total. The summed E-state index contributed by atoms with van der Waals surface area (Å²) in [6.07, 6.45) is 6.31. The van der Waals surface area contributed by atoms with E-state index in [1.54, 1.807) is 29.4 Å². The van der Waals surface area contributed by atoms with Crippen LogP contribution in [0.15, 0.2) is 28.9 Å². The predicted octanol–water partition coefficient (Wildman–Crippen LogP) is 1.56. The van der Waals surface area contributed by atoms with E-state index in [2.05, 4.69) is 10.6 Å². The zero-order valence-corrected chi connectivity index (χ0v) is 15.6. The monoisotopic (exact) mass is 361 g/mol. The van der Waals surface area contributed by atoms with Crippen molar-refractivity contribution in [2.45, 2.75) is 39.2 Å². The summed E-state index contributed by atoms with van der Waals surface area (Å²) in [6.45, 7) is 7.19. The van der Waals surface area contributed by atoms with Gasteiger partial charge in [-0.05, 0) is 57.7 Å². The minimum Gasteiger partial charge on any atom is -0.465 e. The van der Waals surface area contributed by atoms with Crippen LogP contribution in [-0.4, -0.2) is 47.8 Å². The summed E-state index contributed by atoms with van der Waals surface area (Å²) in [6, 6.07) is 3.56. The van der Waals surface area contributed by atoms with Crippen LogP contribution in [0.5, 0.6) is 0 Å². The number of amides is 3. The summed E-state index contributed by atoms with van der Waals surface area (Å²) in [7, 11) is 0. The molecule has 142 valence electrons. The molecular formula is C19H27N3O4. The maximum atomic E-state index is 12.2. The van der Waals surface area contributed by atoms with Gasteiger partial charge in [-0.3, -0.25) is 14.4 Å². The molecule has 1 fully saturated rings. The number of nitrogens with zero attached hydrogens (tertiary/aromatic N) is 1. The van der Waals surface area contributed by atoms with Crippen LogP contribution in [0.3, 0.4) is 0 Å². The molecule has 0 unspecified atom stereocenters. The van der Waals surface area contributed by atoms with Crippen molar-refractivity contribution in [2.75, 3.05) is 19.6 Å². The molecule has 2 N–H and O–H groups in total. The first-order valence-electron chi connectivity index (χ1n) is 8.85. The van der Waals surface area contributed by atoms with E-state index >= 15 is 0 Å². The second-order valence-electron chi connectivity index (χ2n) is 7.53. The molecule has 0 aromatic carbocycles. The quantitative estimate of drug-likeness (QED) is 0.629. The Morgan fingerprint density at radius 3 is 2.50 bits per heavy atom. The van der Waals surface area contributed by atoms with Gasteiger partial charge in [0.15, 0.2) is 0 Å². The molecule has 0 bridgehead atoms. The van der Waals surface area contributed by atoms with Gasteiger partial charge in [0, 0.05) is 31.2 Å². The van der Waals surface area contributed by atoms with Crippen LogP contribution in [0.25, 0.3) is 6.08 Å². The highest BCUT2D eigenvalue weighted by Gasteiger charge is 2.24. The van der Waals surface area contributed by atoms with Crippen molar-refractivity contribution in [3.8, 4) is 0 Å². The fraction of sp³-hybridized carbons (Fsp3) is 0.526. The van der Waals surface area contributed by atoms with Crippen molar-refractivity contribution in [3.63, 3.8) is 0 Å². The Morgan fingerprint density at radius 1 is 1.23 bits per heavy atom. The topological polar surface area (TPSA) is 91.7 Å². The largest absolute Gasteiger partial charge is 0.465 e. The smallest absolute Gasteiger partial charge is 0.309 e. The van der Waals surface area contributed by atoms with Gasteiger partial charge in [-0.1, -0.05) is 0 Å². The minimum absolute atomic E-state index is 0.0477. The first kappa shape index (κ1) is 19.8. The number of carbonyl (C=O) groups excluding carboxylic acids is 3. The molecule has 0 radical (unpaired) electrons. The van der Waals surface area contributed by atoms with E-state index in [0.717, 1.165) is 12.8 Å². The number of hydrogen-bond acceptors (Lipinski definition) is 4. The van der Waals surface area contributed by atoms with Gasteiger partial charge in [0.25, 0.3) is 0 Å². The molecule has 1 aromatic rings. The first-order chi connectivity index (χ1) is 12.2. The minimum atomic E-state index is -0.617. The summed E-state index contributed by atoms with van der Waals surface area (Å²) < 4.78 is 5.16. The molecule has 3 amide bonds. The van der Waals surface area contributed by atoms with Gasteiger partial charge >= 0.3 is 11.8 Å². The van der Waals surface area contributed by atoms with E-state index in [1.807, 2.05) is 20.8 Å². The Morgan fingerprint density at radius 2 is 1.92 bits per heavy atom. The van der Waals surface area contributed by atoms with Gasteiger partial charge in [0.2, 0.25) is 5.91 Å². The van der Waals surface area contributed by atoms with Crippen LogP contribution in [0.1, 0.15) is 39.4 Å². The molecule has 1 aromatic heterocycles. The summed E-state index contributed by atoms with van der Waals surface area (Å²) >= 11 is 0. The van der Waals surface area contributed by atoms with E-state index < -0.39 is 17.4 Å². The van der Waals surface area contributed by atoms with E-state index in [-0.39, 0.29) is 11.8 Å². The lowest BCUT2D eigenvalue weighted by Gasteiger charge is -2.31. The second kappa shape index (κ2) is 8.69. The molecule has 1 aliphatic heterocycles. The highest BCUT2D eigenvalue weighted by Crippen LogP contribution is 2.17. The summed E-state index contributed by atoms with van der Waals surface area (Å²) in [5.74, 6) is -0.370. The fourth-order valence-corrected chi connectivity index (χ4v) is 2.72. The SMILES string of the molecule is CC(C)(C)NC(=O)C(=O)NCC1CCN(C(=O)/C=C/c2ccco2)CC1. The number of hydrogen-bond donors (Lipinski definition) is 2. The van der Waals surface area contributed by atoms with E-state index in [4.69, 9.17) is 4.42 Å². The third-order valence-corrected chi connectivity index (χ3v) is 4.11. The van der Waals surface area contributed by atoms with Crippen LogP contribution >= 0.6 is 0 Å². The molecule has 1 aliphatic rings. The number of likely N-dealkylation sites (tertiary alicyclic amines) is 1. The lowest BCUT2D eigenvalue weighted by Crippen LogP contribution is -2.49. The standard InChI is InChI=1S/C19H27N3O4/c1-19(2,3)21-18(25)17(24)20-13-14-8-10-22(11-9-14)16(23)7-6-15-5-4-12-26-15/h4-7,12,14H,8-11,13H2,1-3H3,(H,20,24)(H,21,25)/b7-6+. The van der Waals surface area contributed by atoms with Gasteiger partial charge < -0.3 is 20.0 Å². The predicted molar refractivity (Wildman–Crippen MR) is 98.0 cm³/mol. The Labute approximate surface area is 153 Å². The molecular weight excluding hydrogens is 334 g/mol. The van der Waals surface area contributed by atoms with E-state index in [9.17, 15) is 14.4 Å². The van der Waals surface area contributed by atoms with Crippen molar-refractivity contribution in [3.05, 3.63) is 30.2 Å². The normalized spacial score (nSPS) is 15.9. The van der Waals surface area contributed by atoms with E-state index in [1.165, 1.54) is 6.08 Å². The Hall–Kier alpha value is -2.57. The molecule has 2 rings (SSSR count). The Balaban J connectivity index is 1.70. The molecule has 0 aliphatic carbocycles. The molecule has 1 saturated heterocycles. The van der Waals surface area contributed by atoms with Crippen LogP contribution in [0.2, 0.25) is 0 Å².